The number of ether oxygens (including phenoxy) is 4. The first-order chi connectivity index (χ1) is 18.1. The van der Waals surface area contributed by atoms with Gasteiger partial charge in [-0.25, -0.2) is 9.79 Å². The number of nitrogens with zero attached hydrogens (tertiary/aromatic N) is 1. The zero-order valence-electron chi connectivity index (χ0n) is 21.4. The Hall–Kier alpha value is -3.78. The van der Waals surface area contributed by atoms with Gasteiger partial charge < -0.3 is 23.4 Å². The van der Waals surface area contributed by atoms with E-state index in [2.05, 4.69) is 0 Å². The van der Waals surface area contributed by atoms with Gasteiger partial charge in [-0.05, 0) is 74.6 Å². The van der Waals surface area contributed by atoms with E-state index in [0.29, 0.717) is 45.4 Å². The third-order valence-corrected chi connectivity index (χ3v) is 7.64. The number of carbonyl (C=O) groups is 1. The maximum atomic E-state index is 12.8. The van der Waals surface area contributed by atoms with Crippen LogP contribution in [-0.4, -0.2) is 33.9 Å². The lowest BCUT2D eigenvalue weighted by Crippen LogP contribution is -2.08. The normalized spacial score (nSPS) is 13.4. The van der Waals surface area contributed by atoms with Crippen molar-refractivity contribution in [2.45, 2.75) is 32.6 Å². The highest BCUT2D eigenvalue weighted by Gasteiger charge is 2.26. The van der Waals surface area contributed by atoms with Crippen molar-refractivity contribution in [1.29, 1.82) is 0 Å². The molecule has 0 N–H and O–H groups in total. The number of hydrogen-bond acceptors (Lipinski definition) is 8. The maximum absolute atomic E-state index is 12.8. The van der Waals surface area contributed by atoms with Gasteiger partial charge in [0.2, 0.25) is 0 Å². The predicted octanol–water partition coefficient (Wildman–Crippen LogP) is 6.48. The van der Waals surface area contributed by atoms with Crippen LogP contribution in [0.1, 0.15) is 40.6 Å². The molecular formula is C29H29NO6S. The van der Waals surface area contributed by atoms with Crippen LogP contribution in [-0.2, 0) is 17.6 Å². The van der Waals surface area contributed by atoms with Gasteiger partial charge in [0.25, 0.3) is 0 Å². The summed E-state index contributed by atoms with van der Waals surface area (Å²) in [4.78, 5) is 19.1. The van der Waals surface area contributed by atoms with Crippen LogP contribution in [0.25, 0.3) is 22.3 Å². The van der Waals surface area contributed by atoms with E-state index in [1.54, 1.807) is 25.6 Å². The van der Waals surface area contributed by atoms with Crippen molar-refractivity contribution < 1.29 is 28.2 Å². The van der Waals surface area contributed by atoms with Gasteiger partial charge in [-0.3, -0.25) is 0 Å². The molecule has 0 bridgehead atoms. The zero-order chi connectivity index (χ0) is 25.9. The molecule has 37 heavy (non-hydrogen) atoms. The minimum Gasteiger partial charge on any atom is -0.494 e. The van der Waals surface area contributed by atoms with Crippen LogP contribution in [0, 0.1) is 0 Å². The number of rotatable bonds is 7. The first kappa shape index (κ1) is 24.9. The molecule has 0 spiro atoms. The quantitative estimate of drug-likeness (QED) is 0.260. The lowest BCUT2D eigenvalue weighted by molar-refractivity contribution is 0.0600. The van der Waals surface area contributed by atoms with Gasteiger partial charge in [0.05, 0.1) is 38.9 Å². The number of carbonyl (C=O) groups excluding carboxylic acids is 1. The number of fused-ring (bicyclic) bond motifs is 2. The molecule has 7 nitrogen and oxygen atoms in total. The van der Waals surface area contributed by atoms with Crippen molar-refractivity contribution in [2.75, 3.05) is 27.9 Å². The Labute approximate surface area is 219 Å². The summed E-state index contributed by atoms with van der Waals surface area (Å²) in [6, 6.07) is 13.2. The zero-order valence-corrected chi connectivity index (χ0v) is 22.2. The second-order valence-corrected chi connectivity index (χ2v) is 9.73. The van der Waals surface area contributed by atoms with Crippen LogP contribution >= 0.6 is 11.3 Å². The largest absolute Gasteiger partial charge is 0.494 e. The van der Waals surface area contributed by atoms with E-state index in [0.717, 1.165) is 47.9 Å². The second-order valence-electron chi connectivity index (χ2n) is 8.65. The summed E-state index contributed by atoms with van der Waals surface area (Å²) in [5, 5.41) is 2.13. The van der Waals surface area contributed by atoms with E-state index >= 15 is 0 Å². The summed E-state index contributed by atoms with van der Waals surface area (Å²) in [6.07, 6.45) is 3.99. The molecule has 0 atom stereocenters. The van der Waals surface area contributed by atoms with Gasteiger partial charge in [-0.15, -0.1) is 11.3 Å². The highest BCUT2D eigenvalue weighted by molar-refractivity contribution is 7.16. The Bertz CT molecular complexity index is 1530. The van der Waals surface area contributed by atoms with Crippen LogP contribution in [0.5, 0.6) is 17.2 Å². The first-order valence-corrected chi connectivity index (χ1v) is 13.1. The molecule has 5 rings (SSSR count). The molecule has 0 amide bonds. The Morgan fingerprint density at radius 3 is 2.57 bits per heavy atom. The van der Waals surface area contributed by atoms with Crippen LogP contribution in [0.15, 0.2) is 51.9 Å². The highest BCUT2D eigenvalue weighted by Crippen LogP contribution is 2.40. The average Bonchev–Trinajstić information content (AvgIpc) is 3.30. The molecule has 0 saturated heterocycles. The Morgan fingerprint density at radius 1 is 1.00 bits per heavy atom. The Morgan fingerprint density at radius 2 is 1.81 bits per heavy atom. The molecule has 0 radical (unpaired) electrons. The fourth-order valence-electron chi connectivity index (χ4n) is 4.68. The van der Waals surface area contributed by atoms with E-state index in [4.69, 9.17) is 28.4 Å². The molecule has 0 unspecified atom stereocenters. The van der Waals surface area contributed by atoms with E-state index in [9.17, 15) is 4.79 Å². The number of methoxy groups -OCH3 is 3. The van der Waals surface area contributed by atoms with E-state index < -0.39 is 0 Å². The minimum atomic E-state index is -0.349. The standard InChI is InChI=1S/C29H29NO6S/c1-5-35-18-11-13-22-20(15-18)21(16-24(36-22)17-10-12-23(32-2)25(14-17)33-3)30-28-27(29(31)34-4)19-8-6-7-9-26(19)37-28/h10-16H,5-9H2,1-4H3/b30-21+. The lowest BCUT2D eigenvalue weighted by atomic mass is 9.95. The summed E-state index contributed by atoms with van der Waals surface area (Å²) in [5.41, 5.74) is 3.10. The molecule has 8 heteroatoms. The van der Waals surface area contributed by atoms with E-state index in [1.165, 1.54) is 12.0 Å². The van der Waals surface area contributed by atoms with Crippen LogP contribution in [0.2, 0.25) is 0 Å². The summed E-state index contributed by atoms with van der Waals surface area (Å²) < 4.78 is 28.1. The van der Waals surface area contributed by atoms with Gasteiger partial charge in [-0.1, -0.05) is 0 Å². The van der Waals surface area contributed by atoms with Gasteiger partial charge in [-0.2, -0.15) is 0 Å². The predicted molar refractivity (Wildman–Crippen MR) is 143 cm³/mol. The highest BCUT2D eigenvalue weighted by atomic mass is 32.1. The number of aryl methyl sites for hydroxylation is 1. The topological polar surface area (TPSA) is 79.5 Å². The number of esters is 1. The molecule has 2 aromatic carbocycles. The molecule has 4 aromatic rings. The summed E-state index contributed by atoms with van der Waals surface area (Å²) in [5.74, 6) is 2.21. The SMILES string of the molecule is CCOc1ccc2oc(-c3ccc(OC)c(OC)c3)c/c(=N\c3sc4c(c3C(=O)OC)CCCC4)c2c1. The molecule has 1 aliphatic rings. The summed E-state index contributed by atoms with van der Waals surface area (Å²) in [6.45, 7) is 2.49. The van der Waals surface area contributed by atoms with Gasteiger partial charge >= 0.3 is 5.97 Å². The summed E-state index contributed by atoms with van der Waals surface area (Å²) >= 11 is 1.57. The van der Waals surface area contributed by atoms with Gasteiger partial charge in [0, 0.05) is 21.9 Å². The molecule has 1 aliphatic carbocycles. The maximum Gasteiger partial charge on any atom is 0.341 e. The van der Waals surface area contributed by atoms with Crippen molar-refractivity contribution in [1.82, 2.24) is 0 Å². The van der Waals surface area contributed by atoms with Gasteiger partial charge in [0.1, 0.15) is 22.1 Å². The molecule has 0 fully saturated rings. The van der Waals surface area contributed by atoms with Crippen LogP contribution in [0.3, 0.4) is 0 Å². The third kappa shape index (κ3) is 4.81. The fourth-order valence-corrected chi connectivity index (χ4v) is 5.94. The minimum absolute atomic E-state index is 0.349. The van der Waals surface area contributed by atoms with Crippen molar-refractivity contribution in [2.24, 2.45) is 4.99 Å². The number of benzene rings is 2. The average molecular weight is 520 g/mol. The van der Waals surface area contributed by atoms with Gasteiger partial charge in [0.15, 0.2) is 11.5 Å². The van der Waals surface area contributed by atoms with Crippen molar-refractivity contribution in [3.63, 3.8) is 0 Å². The van der Waals surface area contributed by atoms with Crippen molar-refractivity contribution in [3.8, 4) is 28.6 Å². The Balaban J connectivity index is 1.77. The molecule has 2 aromatic heterocycles. The second kappa shape index (κ2) is 10.7. The molecular weight excluding hydrogens is 490 g/mol. The smallest absolute Gasteiger partial charge is 0.341 e. The molecule has 0 aliphatic heterocycles. The molecule has 192 valence electrons. The lowest BCUT2D eigenvalue weighted by Gasteiger charge is -2.11. The first-order valence-electron chi connectivity index (χ1n) is 12.3. The number of thiophene rings is 1. The monoisotopic (exact) mass is 519 g/mol. The van der Waals surface area contributed by atoms with E-state index in [-0.39, 0.29) is 5.97 Å². The van der Waals surface area contributed by atoms with E-state index in [1.807, 2.05) is 49.4 Å². The van der Waals surface area contributed by atoms with Crippen molar-refractivity contribution in [3.05, 3.63) is 63.8 Å². The van der Waals surface area contributed by atoms with Crippen LogP contribution in [0.4, 0.5) is 5.00 Å². The van der Waals surface area contributed by atoms with Crippen LogP contribution < -0.4 is 19.6 Å². The summed E-state index contributed by atoms with van der Waals surface area (Å²) in [7, 11) is 4.62. The number of hydrogen-bond donors (Lipinski definition) is 0. The molecule has 0 saturated carbocycles. The fraction of sp³-hybridized carbons (Fsp3) is 0.310. The Kier molecular flexibility index (Phi) is 7.19. The third-order valence-electron chi connectivity index (χ3n) is 6.46. The van der Waals surface area contributed by atoms with Crippen molar-refractivity contribution >= 4 is 33.3 Å². The molecule has 2 heterocycles.